The first-order valence-electron chi connectivity index (χ1n) is 6.76. The third-order valence-corrected chi connectivity index (χ3v) is 4.08. The number of para-hydroxylation sites is 1. The van der Waals surface area contributed by atoms with Crippen LogP contribution in [0, 0.1) is 6.92 Å². The monoisotopic (exact) mass is 297 g/mol. The van der Waals surface area contributed by atoms with Gasteiger partial charge in [-0.25, -0.2) is 5.43 Å². The van der Waals surface area contributed by atoms with Gasteiger partial charge in [0.2, 0.25) is 0 Å². The van der Waals surface area contributed by atoms with Crippen LogP contribution in [0.1, 0.15) is 22.7 Å². The quantitative estimate of drug-likeness (QED) is 0.572. The summed E-state index contributed by atoms with van der Waals surface area (Å²) in [5.74, 6) is 5.81. The Hall–Kier alpha value is -1.94. The summed E-state index contributed by atoms with van der Waals surface area (Å²) in [7, 11) is 0. The Labute approximate surface area is 128 Å². The molecule has 4 heteroatoms. The van der Waals surface area contributed by atoms with E-state index >= 15 is 0 Å². The second-order valence-electron chi connectivity index (χ2n) is 5.03. The van der Waals surface area contributed by atoms with E-state index in [2.05, 4.69) is 16.5 Å². The second kappa shape index (κ2) is 5.82. The summed E-state index contributed by atoms with van der Waals surface area (Å²) < 4.78 is 0. The van der Waals surface area contributed by atoms with Crippen molar-refractivity contribution in [3.8, 4) is 0 Å². The van der Waals surface area contributed by atoms with Crippen LogP contribution in [0.3, 0.4) is 0 Å². The molecule has 0 radical (unpaired) electrons. The Bertz CT molecular complexity index is 781. The van der Waals surface area contributed by atoms with Crippen molar-refractivity contribution in [1.82, 2.24) is 10.4 Å². The number of nitrogens with zero attached hydrogens (tertiary/aromatic N) is 1. The Morgan fingerprint density at radius 1 is 1.14 bits per heavy atom. The molecule has 3 aromatic rings. The highest BCUT2D eigenvalue weighted by atomic mass is 35.5. The molecule has 0 amide bonds. The second-order valence-corrected chi connectivity index (χ2v) is 5.44. The van der Waals surface area contributed by atoms with Gasteiger partial charge in [-0.15, -0.1) is 0 Å². The number of fused-ring (bicyclic) bond motifs is 1. The van der Waals surface area contributed by atoms with Crippen LogP contribution in [0.4, 0.5) is 0 Å². The number of rotatable bonds is 3. The molecule has 0 fully saturated rings. The minimum atomic E-state index is -0.125. The minimum absolute atomic E-state index is 0.125. The Kier molecular flexibility index (Phi) is 3.88. The third-order valence-electron chi connectivity index (χ3n) is 3.66. The average Bonchev–Trinajstić information content (AvgIpc) is 2.52. The number of halogens is 1. The van der Waals surface area contributed by atoms with Crippen molar-refractivity contribution < 1.29 is 0 Å². The lowest BCUT2D eigenvalue weighted by Crippen LogP contribution is -2.29. The standard InChI is InChI=1S/C17H16ClN3/c1-11-10-13(7-8-15(11)18)17(21-19)14-6-2-4-12-5-3-9-20-16(12)14/h2-10,17,21H,19H2,1H3. The van der Waals surface area contributed by atoms with E-state index in [0.29, 0.717) is 0 Å². The molecule has 1 atom stereocenters. The molecule has 1 unspecified atom stereocenters. The van der Waals surface area contributed by atoms with Gasteiger partial charge in [-0.1, -0.05) is 48.0 Å². The van der Waals surface area contributed by atoms with Gasteiger partial charge >= 0.3 is 0 Å². The van der Waals surface area contributed by atoms with Crippen LogP contribution < -0.4 is 11.3 Å². The van der Waals surface area contributed by atoms with Crippen molar-refractivity contribution in [2.45, 2.75) is 13.0 Å². The maximum absolute atomic E-state index is 6.11. The van der Waals surface area contributed by atoms with E-state index in [0.717, 1.165) is 32.6 Å². The molecule has 106 valence electrons. The van der Waals surface area contributed by atoms with Crippen LogP contribution >= 0.6 is 11.6 Å². The SMILES string of the molecule is Cc1cc(C(NN)c2cccc3cccnc23)ccc1Cl. The van der Waals surface area contributed by atoms with E-state index in [-0.39, 0.29) is 6.04 Å². The number of benzene rings is 2. The van der Waals surface area contributed by atoms with Crippen LogP contribution in [-0.4, -0.2) is 4.98 Å². The molecular formula is C17H16ClN3. The molecule has 3 N–H and O–H groups in total. The lowest BCUT2D eigenvalue weighted by Gasteiger charge is -2.19. The molecule has 3 nitrogen and oxygen atoms in total. The Balaban J connectivity index is 2.16. The summed E-state index contributed by atoms with van der Waals surface area (Å²) >= 11 is 6.11. The van der Waals surface area contributed by atoms with Crippen molar-refractivity contribution in [3.63, 3.8) is 0 Å². The predicted molar refractivity (Wildman–Crippen MR) is 87.1 cm³/mol. The molecule has 0 aliphatic rings. The molecule has 3 rings (SSSR count). The summed E-state index contributed by atoms with van der Waals surface area (Å²) in [4.78, 5) is 4.49. The molecule has 21 heavy (non-hydrogen) atoms. The fourth-order valence-electron chi connectivity index (χ4n) is 2.57. The fourth-order valence-corrected chi connectivity index (χ4v) is 2.69. The van der Waals surface area contributed by atoms with Crippen molar-refractivity contribution in [2.24, 2.45) is 5.84 Å². The van der Waals surface area contributed by atoms with Gasteiger partial charge in [-0.05, 0) is 30.2 Å². The van der Waals surface area contributed by atoms with Crippen LogP contribution in [0.2, 0.25) is 5.02 Å². The van der Waals surface area contributed by atoms with E-state index in [1.165, 1.54) is 0 Å². The first kappa shape index (κ1) is 14.0. The maximum atomic E-state index is 6.11. The highest BCUT2D eigenvalue weighted by Crippen LogP contribution is 2.29. The molecule has 0 aliphatic heterocycles. The molecule has 1 heterocycles. The molecule has 2 aromatic carbocycles. The van der Waals surface area contributed by atoms with Gasteiger partial charge in [0.1, 0.15) is 0 Å². The Morgan fingerprint density at radius 2 is 1.95 bits per heavy atom. The molecular weight excluding hydrogens is 282 g/mol. The number of aryl methyl sites for hydroxylation is 1. The van der Waals surface area contributed by atoms with Crippen LogP contribution in [0.15, 0.2) is 54.7 Å². The van der Waals surface area contributed by atoms with Crippen molar-refractivity contribution in [1.29, 1.82) is 0 Å². The van der Waals surface area contributed by atoms with Crippen molar-refractivity contribution >= 4 is 22.5 Å². The van der Waals surface area contributed by atoms with E-state index in [9.17, 15) is 0 Å². The van der Waals surface area contributed by atoms with Crippen molar-refractivity contribution in [2.75, 3.05) is 0 Å². The number of aromatic nitrogens is 1. The van der Waals surface area contributed by atoms with E-state index in [4.69, 9.17) is 17.4 Å². The van der Waals surface area contributed by atoms with E-state index < -0.39 is 0 Å². The maximum Gasteiger partial charge on any atom is 0.0753 e. The van der Waals surface area contributed by atoms with Gasteiger partial charge in [-0.2, -0.15) is 0 Å². The number of nitrogens with two attached hydrogens (primary N) is 1. The fraction of sp³-hybridized carbons (Fsp3) is 0.118. The summed E-state index contributed by atoms with van der Waals surface area (Å²) in [5, 5.41) is 1.85. The zero-order valence-corrected chi connectivity index (χ0v) is 12.4. The zero-order chi connectivity index (χ0) is 14.8. The number of hydrogen-bond donors (Lipinski definition) is 2. The topological polar surface area (TPSA) is 50.9 Å². The van der Waals surface area contributed by atoms with Crippen LogP contribution in [0.5, 0.6) is 0 Å². The van der Waals surface area contributed by atoms with Gasteiger partial charge in [0.15, 0.2) is 0 Å². The number of pyridine rings is 1. The number of hydrazine groups is 1. The molecule has 0 bridgehead atoms. The highest BCUT2D eigenvalue weighted by Gasteiger charge is 2.16. The lowest BCUT2D eigenvalue weighted by molar-refractivity contribution is 0.639. The first-order chi connectivity index (χ1) is 10.2. The molecule has 0 aliphatic carbocycles. The summed E-state index contributed by atoms with van der Waals surface area (Å²) in [5.41, 5.74) is 7.00. The summed E-state index contributed by atoms with van der Waals surface area (Å²) in [6, 6.07) is 15.9. The van der Waals surface area contributed by atoms with Crippen molar-refractivity contribution in [3.05, 3.63) is 76.4 Å². The first-order valence-corrected chi connectivity index (χ1v) is 7.14. The van der Waals surface area contributed by atoms with E-state index in [1.54, 1.807) is 6.20 Å². The molecule has 0 saturated carbocycles. The zero-order valence-electron chi connectivity index (χ0n) is 11.7. The van der Waals surface area contributed by atoms with E-state index in [1.807, 2.05) is 49.4 Å². The van der Waals surface area contributed by atoms with Gasteiger partial charge in [0.05, 0.1) is 11.6 Å². The molecule has 0 spiro atoms. The largest absolute Gasteiger partial charge is 0.271 e. The summed E-state index contributed by atoms with van der Waals surface area (Å²) in [6.07, 6.45) is 1.80. The van der Waals surface area contributed by atoms with Gasteiger partial charge in [-0.3, -0.25) is 10.8 Å². The smallest absolute Gasteiger partial charge is 0.0753 e. The number of nitrogens with one attached hydrogen (secondary N) is 1. The predicted octanol–water partition coefficient (Wildman–Crippen LogP) is 3.75. The van der Waals surface area contributed by atoms with Crippen LogP contribution in [0.25, 0.3) is 10.9 Å². The number of hydrogen-bond acceptors (Lipinski definition) is 3. The van der Waals surface area contributed by atoms with Crippen LogP contribution in [-0.2, 0) is 0 Å². The highest BCUT2D eigenvalue weighted by molar-refractivity contribution is 6.31. The Morgan fingerprint density at radius 3 is 2.71 bits per heavy atom. The summed E-state index contributed by atoms with van der Waals surface area (Å²) in [6.45, 7) is 1.99. The lowest BCUT2D eigenvalue weighted by atomic mass is 9.96. The van der Waals surface area contributed by atoms with Gasteiger partial charge in [0.25, 0.3) is 0 Å². The normalized spacial score (nSPS) is 12.5. The third kappa shape index (κ3) is 2.63. The minimum Gasteiger partial charge on any atom is -0.271 e. The average molecular weight is 298 g/mol. The molecule has 1 aromatic heterocycles. The van der Waals surface area contributed by atoms with Gasteiger partial charge < -0.3 is 0 Å². The van der Waals surface area contributed by atoms with Gasteiger partial charge in [0, 0.05) is 22.2 Å². The molecule has 0 saturated heterocycles.